The minimum Gasteiger partial charge on any atom is -0.455 e. The van der Waals surface area contributed by atoms with Crippen LogP contribution in [0.3, 0.4) is 0 Å². The predicted octanol–water partition coefficient (Wildman–Crippen LogP) is 0.692. The molecule has 0 radical (unpaired) electrons. The number of ether oxygens (including phenoxy) is 4. The van der Waals surface area contributed by atoms with Crippen molar-refractivity contribution in [1.82, 2.24) is 0 Å². The second-order valence-electron chi connectivity index (χ2n) is 5.12. The van der Waals surface area contributed by atoms with Crippen molar-refractivity contribution >= 4 is 17.9 Å². The number of esters is 3. The number of rotatable bonds is 3. The molecule has 0 N–H and O–H groups in total. The molecule has 0 bridgehead atoms. The predicted molar refractivity (Wildman–Crippen MR) is 64.3 cm³/mol. The Morgan fingerprint density at radius 2 is 1.50 bits per heavy atom. The Morgan fingerprint density at radius 1 is 0.950 bits per heavy atom. The van der Waals surface area contributed by atoms with E-state index in [1.807, 2.05) is 0 Å². The molecular weight excluding hydrogens is 268 g/mol. The van der Waals surface area contributed by atoms with E-state index in [1.165, 1.54) is 20.8 Å². The van der Waals surface area contributed by atoms with Crippen LogP contribution in [0.2, 0.25) is 0 Å². The first-order valence-electron chi connectivity index (χ1n) is 6.53. The van der Waals surface area contributed by atoms with E-state index in [1.54, 1.807) is 0 Å². The molecule has 1 aliphatic carbocycles. The van der Waals surface area contributed by atoms with Gasteiger partial charge in [0.2, 0.25) is 12.4 Å². The number of hydrogen-bond acceptors (Lipinski definition) is 7. The number of carbonyl (C=O) groups is 3. The minimum atomic E-state index is -1.04. The summed E-state index contributed by atoms with van der Waals surface area (Å²) in [5.74, 6) is -1.60. The zero-order chi connectivity index (χ0) is 14.9. The highest BCUT2D eigenvalue weighted by Gasteiger charge is 2.62. The van der Waals surface area contributed by atoms with E-state index in [-0.39, 0.29) is 0 Å². The first-order chi connectivity index (χ1) is 9.34. The fourth-order valence-corrected chi connectivity index (χ4v) is 2.65. The van der Waals surface area contributed by atoms with E-state index in [2.05, 4.69) is 0 Å². The van der Waals surface area contributed by atoms with E-state index < -0.39 is 42.0 Å². The molecule has 1 spiro atoms. The fourth-order valence-electron chi connectivity index (χ4n) is 2.65. The largest absolute Gasteiger partial charge is 0.455 e. The van der Waals surface area contributed by atoms with Crippen LogP contribution in [0, 0.1) is 0 Å². The summed E-state index contributed by atoms with van der Waals surface area (Å²) in [6, 6.07) is 0. The van der Waals surface area contributed by atoms with Crippen molar-refractivity contribution in [3.05, 3.63) is 0 Å². The van der Waals surface area contributed by atoms with Gasteiger partial charge in [-0.25, -0.2) is 0 Å². The highest BCUT2D eigenvalue weighted by molar-refractivity contribution is 5.68. The lowest BCUT2D eigenvalue weighted by Crippen LogP contribution is -2.51. The summed E-state index contributed by atoms with van der Waals surface area (Å²) in [6.07, 6.45) is -0.471. The summed E-state index contributed by atoms with van der Waals surface area (Å²) < 4.78 is 21.2. The summed E-state index contributed by atoms with van der Waals surface area (Å²) >= 11 is 0. The Hall–Kier alpha value is -1.63. The van der Waals surface area contributed by atoms with E-state index in [9.17, 15) is 14.4 Å². The standard InChI is InChI=1S/C13H18O7/c1-7(14)17-10-11(18-8(2)15)13(5-4-6-13)20-12(10)19-9(3)16/h10-12H,4-6H2,1-3H3. The Balaban J connectivity index is 2.23. The van der Waals surface area contributed by atoms with Crippen LogP contribution in [0.1, 0.15) is 40.0 Å². The molecule has 3 unspecified atom stereocenters. The molecular formula is C13H18O7. The topological polar surface area (TPSA) is 88.1 Å². The Morgan fingerprint density at radius 3 is 1.90 bits per heavy atom. The highest BCUT2D eigenvalue weighted by Crippen LogP contribution is 2.48. The average molecular weight is 286 g/mol. The van der Waals surface area contributed by atoms with E-state index in [0.717, 1.165) is 6.42 Å². The van der Waals surface area contributed by atoms with Gasteiger partial charge in [-0.2, -0.15) is 0 Å². The Kier molecular flexibility index (Phi) is 3.99. The van der Waals surface area contributed by atoms with Crippen molar-refractivity contribution in [3.63, 3.8) is 0 Å². The zero-order valence-electron chi connectivity index (χ0n) is 11.7. The second-order valence-corrected chi connectivity index (χ2v) is 5.12. The molecule has 3 atom stereocenters. The van der Waals surface area contributed by atoms with Crippen molar-refractivity contribution in [3.8, 4) is 0 Å². The average Bonchev–Trinajstić information content (AvgIpc) is 2.52. The first kappa shape index (κ1) is 14.8. The maximum atomic E-state index is 11.3. The molecule has 2 fully saturated rings. The molecule has 2 rings (SSSR count). The van der Waals surface area contributed by atoms with Gasteiger partial charge in [0.25, 0.3) is 0 Å². The van der Waals surface area contributed by atoms with Crippen LogP contribution in [-0.2, 0) is 33.3 Å². The summed E-state index contributed by atoms with van der Waals surface area (Å²) in [7, 11) is 0. The van der Waals surface area contributed by atoms with Gasteiger partial charge in [-0.15, -0.1) is 0 Å². The van der Waals surface area contributed by atoms with Crippen molar-refractivity contribution in [1.29, 1.82) is 0 Å². The molecule has 0 aromatic carbocycles. The molecule has 0 aromatic rings. The van der Waals surface area contributed by atoms with E-state index >= 15 is 0 Å². The molecule has 7 nitrogen and oxygen atoms in total. The third-order valence-corrected chi connectivity index (χ3v) is 3.51. The van der Waals surface area contributed by atoms with Gasteiger partial charge in [-0.3, -0.25) is 14.4 Å². The molecule has 2 aliphatic rings. The van der Waals surface area contributed by atoms with Crippen LogP contribution in [0.5, 0.6) is 0 Å². The summed E-state index contributed by atoms with van der Waals surface area (Å²) in [6.45, 7) is 3.75. The minimum absolute atomic E-state index is 0.495. The van der Waals surface area contributed by atoms with Gasteiger partial charge in [0.05, 0.1) is 0 Å². The van der Waals surface area contributed by atoms with Crippen LogP contribution in [0.4, 0.5) is 0 Å². The van der Waals surface area contributed by atoms with Gasteiger partial charge in [0, 0.05) is 20.8 Å². The lowest BCUT2D eigenvalue weighted by atomic mass is 9.75. The summed E-state index contributed by atoms with van der Waals surface area (Å²) in [4.78, 5) is 33.6. The molecule has 1 heterocycles. The van der Waals surface area contributed by atoms with Crippen molar-refractivity contribution in [2.24, 2.45) is 0 Å². The van der Waals surface area contributed by atoms with Crippen LogP contribution in [0.25, 0.3) is 0 Å². The second kappa shape index (κ2) is 5.40. The fraction of sp³-hybridized carbons (Fsp3) is 0.769. The van der Waals surface area contributed by atoms with Gasteiger partial charge < -0.3 is 18.9 Å². The van der Waals surface area contributed by atoms with Crippen molar-refractivity contribution in [2.45, 2.75) is 64.1 Å². The molecule has 20 heavy (non-hydrogen) atoms. The maximum Gasteiger partial charge on any atom is 0.305 e. The van der Waals surface area contributed by atoms with Gasteiger partial charge >= 0.3 is 17.9 Å². The smallest absolute Gasteiger partial charge is 0.305 e. The summed E-state index contributed by atoms with van der Waals surface area (Å²) in [5.41, 5.74) is -0.716. The SMILES string of the molecule is CC(=O)OC1OC2(CCC2)C(OC(C)=O)C1OC(C)=O. The molecule has 112 valence electrons. The molecule has 1 saturated heterocycles. The molecule has 0 aromatic heterocycles. The Labute approximate surface area is 116 Å². The maximum absolute atomic E-state index is 11.3. The quantitative estimate of drug-likeness (QED) is 0.557. The van der Waals surface area contributed by atoms with Crippen LogP contribution < -0.4 is 0 Å². The lowest BCUT2D eigenvalue weighted by molar-refractivity contribution is -0.215. The number of carbonyl (C=O) groups excluding carboxylic acids is 3. The van der Waals surface area contributed by atoms with Crippen molar-refractivity contribution in [2.75, 3.05) is 0 Å². The van der Waals surface area contributed by atoms with Gasteiger partial charge in [0.1, 0.15) is 5.60 Å². The van der Waals surface area contributed by atoms with Crippen LogP contribution >= 0.6 is 0 Å². The molecule has 1 saturated carbocycles. The van der Waals surface area contributed by atoms with Crippen molar-refractivity contribution < 1.29 is 33.3 Å². The Bertz CT molecular complexity index is 426. The number of hydrogen-bond donors (Lipinski definition) is 0. The zero-order valence-corrected chi connectivity index (χ0v) is 11.7. The third-order valence-electron chi connectivity index (χ3n) is 3.51. The normalized spacial score (nSPS) is 30.4. The van der Waals surface area contributed by atoms with Crippen LogP contribution in [0.15, 0.2) is 0 Å². The van der Waals surface area contributed by atoms with Gasteiger partial charge in [0.15, 0.2) is 6.10 Å². The monoisotopic (exact) mass is 286 g/mol. The van der Waals surface area contributed by atoms with Gasteiger partial charge in [-0.1, -0.05) is 0 Å². The van der Waals surface area contributed by atoms with E-state index in [4.69, 9.17) is 18.9 Å². The highest BCUT2D eigenvalue weighted by atomic mass is 16.8. The lowest BCUT2D eigenvalue weighted by Gasteiger charge is -2.40. The van der Waals surface area contributed by atoms with Crippen LogP contribution in [-0.4, -0.2) is 42.0 Å². The molecule has 0 amide bonds. The molecule has 7 heteroatoms. The van der Waals surface area contributed by atoms with E-state index in [0.29, 0.717) is 12.8 Å². The third kappa shape index (κ3) is 2.77. The molecule has 1 aliphatic heterocycles. The summed E-state index contributed by atoms with van der Waals surface area (Å²) in [5, 5.41) is 0. The van der Waals surface area contributed by atoms with Gasteiger partial charge in [-0.05, 0) is 19.3 Å². The first-order valence-corrected chi connectivity index (χ1v) is 6.53.